The molecule has 226 valence electrons. The number of hydrogen-bond donors (Lipinski definition) is 5. The highest BCUT2D eigenvalue weighted by atomic mass is 16.5. The number of carbonyl (C=O) groups excluding carboxylic acids is 1. The Kier molecular flexibility index (Phi) is 15.3. The number of ether oxygens (including phenoxy) is 3. The van der Waals surface area contributed by atoms with Crippen molar-refractivity contribution in [3.63, 3.8) is 0 Å². The normalized spacial score (nSPS) is 16.1. The molecule has 0 aliphatic carbocycles. The van der Waals surface area contributed by atoms with Crippen molar-refractivity contribution in [1.29, 1.82) is 0 Å². The summed E-state index contributed by atoms with van der Waals surface area (Å²) < 4.78 is 16.5. The van der Waals surface area contributed by atoms with E-state index in [1.54, 1.807) is 28.1 Å². The molecule has 1 aromatic carbocycles. The van der Waals surface area contributed by atoms with Crippen molar-refractivity contribution < 1.29 is 29.2 Å². The lowest BCUT2D eigenvalue weighted by atomic mass is 9.80. The van der Waals surface area contributed by atoms with Crippen LogP contribution in [0.5, 0.6) is 11.5 Å². The number of nitrogens with one attached hydrogen (secondary N) is 1. The Bertz CT molecular complexity index is 846. The van der Waals surface area contributed by atoms with Crippen LogP contribution in [0.2, 0.25) is 0 Å². The minimum atomic E-state index is -1.05. The predicted molar refractivity (Wildman–Crippen MR) is 156 cm³/mol. The lowest BCUT2D eigenvalue weighted by Gasteiger charge is -2.31. The van der Waals surface area contributed by atoms with Gasteiger partial charge in [-0.25, -0.2) is 0 Å². The van der Waals surface area contributed by atoms with E-state index in [9.17, 15) is 15.0 Å². The average molecular weight is 554 g/mol. The molecule has 1 rings (SSSR count). The number of nitrogens with two attached hydrogens (primary N) is 2. The van der Waals surface area contributed by atoms with E-state index in [0.29, 0.717) is 37.1 Å². The second kappa shape index (κ2) is 17.0. The van der Waals surface area contributed by atoms with Crippen molar-refractivity contribution in [2.24, 2.45) is 40.6 Å². The van der Waals surface area contributed by atoms with E-state index in [0.717, 1.165) is 18.4 Å². The van der Waals surface area contributed by atoms with E-state index in [4.69, 9.17) is 25.7 Å². The van der Waals surface area contributed by atoms with Crippen molar-refractivity contribution >= 4 is 5.91 Å². The number of amides is 1. The molecule has 9 nitrogen and oxygen atoms in total. The van der Waals surface area contributed by atoms with Gasteiger partial charge in [-0.3, -0.25) is 4.79 Å². The molecule has 0 fully saturated rings. The van der Waals surface area contributed by atoms with Crippen LogP contribution in [0.15, 0.2) is 18.2 Å². The van der Waals surface area contributed by atoms with Gasteiger partial charge in [-0.05, 0) is 54.7 Å². The number of hydrogen-bond acceptors (Lipinski definition) is 8. The van der Waals surface area contributed by atoms with Gasteiger partial charge in [0, 0.05) is 44.1 Å². The topological polar surface area (TPSA) is 149 Å². The summed E-state index contributed by atoms with van der Waals surface area (Å²) in [5.41, 5.74) is 12.6. The SMILES string of the molecule is COCCCOc1cc(C[C@H](C[C@@H](N)[C@@H](O)C[C@@H](C(=O)NCC(C)(C)C(N)O)C(C)C)C(C)C)ccc1OC. The lowest BCUT2D eigenvalue weighted by molar-refractivity contribution is -0.128. The standard InChI is InChI=1S/C30H55N3O6/c1-19(2)22(14-21-10-11-26(38-8)27(15-21)39-13-9-12-37-7)16-24(31)25(34)17-23(20(3)4)28(35)33-18-30(5,6)29(32)36/h10-11,15,19-20,22-25,29,34,36H,9,12-14,16-18,31-32H2,1-8H3,(H,33,35)/t22-,23-,24-,25+,29?/m1/s1. The van der Waals surface area contributed by atoms with Gasteiger partial charge in [0.1, 0.15) is 6.23 Å². The van der Waals surface area contributed by atoms with Crippen molar-refractivity contribution in [1.82, 2.24) is 5.32 Å². The number of aliphatic hydroxyl groups is 2. The van der Waals surface area contributed by atoms with E-state index < -0.39 is 29.7 Å². The van der Waals surface area contributed by atoms with Crippen LogP contribution in [0.1, 0.15) is 66.4 Å². The van der Waals surface area contributed by atoms with Crippen molar-refractivity contribution in [3.8, 4) is 11.5 Å². The van der Waals surface area contributed by atoms with Crippen LogP contribution in [0.25, 0.3) is 0 Å². The third-order valence-electron chi connectivity index (χ3n) is 7.64. The van der Waals surface area contributed by atoms with Crippen LogP contribution in [-0.4, -0.2) is 68.5 Å². The molecular formula is C30H55N3O6. The molecule has 39 heavy (non-hydrogen) atoms. The summed E-state index contributed by atoms with van der Waals surface area (Å²) in [6.45, 7) is 13.2. The third kappa shape index (κ3) is 12.0. The van der Waals surface area contributed by atoms with Crippen LogP contribution in [0, 0.1) is 29.1 Å². The van der Waals surface area contributed by atoms with Crippen molar-refractivity contribution in [2.45, 2.75) is 85.6 Å². The predicted octanol–water partition coefficient (Wildman–Crippen LogP) is 3.09. The molecule has 1 unspecified atom stereocenters. The molecule has 9 heteroatoms. The molecule has 7 N–H and O–H groups in total. The number of aliphatic hydroxyl groups excluding tert-OH is 2. The van der Waals surface area contributed by atoms with Gasteiger partial charge in [-0.1, -0.05) is 47.6 Å². The first-order valence-corrected chi connectivity index (χ1v) is 14.2. The van der Waals surface area contributed by atoms with Crippen LogP contribution in [0.4, 0.5) is 0 Å². The summed E-state index contributed by atoms with van der Waals surface area (Å²) in [6.07, 6.45) is 0.574. The van der Waals surface area contributed by atoms with Crippen molar-refractivity contribution in [2.75, 3.05) is 34.0 Å². The van der Waals surface area contributed by atoms with Crippen LogP contribution < -0.4 is 26.3 Å². The van der Waals surface area contributed by atoms with E-state index in [-0.39, 0.29) is 30.7 Å². The molecule has 0 heterocycles. The Labute approximate surface area is 236 Å². The van der Waals surface area contributed by atoms with Gasteiger partial charge in [-0.2, -0.15) is 0 Å². The van der Waals surface area contributed by atoms with Gasteiger partial charge >= 0.3 is 0 Å². The maximum atomic E-state index is 13.0. The van der Waals surface area contributed by atoms with Gasteiger partial charge in [0.05, 0.1) is 19.8 Å². The third-order valence-corrected chi connectivity index (χ3v) is 7.64. The molecule has 1 amide bonds. The number of carbonyl (C=O) groups is 1. The van der Waals surface area contributed by atoms with Gasteiger partial charge < -0.3 is 41.2 Å². The second-order valence-electron chi connectivity index (χ2n) is 12.1. The molecule has 0 spiro atoms. The largest absolute Gasteiger partial charge is 0.493 e. The summed E-state index contributed by atoms with van der Waals surface area (Å²) >= 11 is 0. The average Bonchev–Trinajstić information content (AvgIpc) is 2.87. The molecule has 0 aliphatic heterocycles. The Morgan fingerprint density at radius 3 is 2.21 bits per heavy atom. The Balaban J connectivity index is 2.86. The van der Waals surface area contributed by atoms with E-state index in [2.05, 4.69) is 19.2 Å². The Morgan fingerprint density at radius 2 is 1.67 bits per heavy atom. The first kappa shape index (κ1) is 35.1. The van der Waals surface area contributed by atoms with Gasteiger partial charge in [0.25, 0.3) is 0 Å². The highest BCUT2D eigenvalue weighted by Gasteiger charge is 2.32. The van der Waals surface area contributed by atoms with E-state index in [1.165, 1.54) is 0 Å². The number of methoxy groups -OCH3 is 2. The lowest BCUT2D eigenvalue weighted by Crippen LogP contribution is -2.48. The molecule has 0 bridgehead atoms. The molecule has 0 radical (unpaired) electrons. The van der Waals surface area contributed by atoms with E-state index in [1.807, 2.05) is 32.0 Å². The summed E-state index contributed by atoms with van der Waals surface area (Å²) in [7, 11) is 3.30. The first-order valence-electron chi connectivity index (χ1n) is 14.2. The fraction of sp³-hybridized carbons (Fsp3) is 0.767. The molecule has 0 aromatic heterocycles. The molecule has 0 saturated heterocycles. The zero-order valence-electron chi connectivity index (χ0n) is 25.4. The van der Waals surface area contributed by atoms with Crippen LogP contribution >= 0.6 is 0 Å². The number of rotatable bonds is 19. The molecular weight excluding hydrogens is 498 g/mol. The van der Waals surface area contributed by atoms with Crippen LogP contribution in [0.3, 0.4) is 0 Å². The quantitative estimate of drug-likeness (QED) is 0.130. The van der Waals surface area contributed by atoms with Gasteiger partial charge in [0.2, 0.25) is 5.91 Å². The molecule has 1 aromatic rings. The van der Waals surface area contributed by atoms with Gasteiger partial charge in [0.15, 0.2) is 11.5 Å². The highest BCUT2D eigenvalue weighted by Crippen LogP contribution is 2.32. The fourth-order valence-corrected chi connectivity index (χ4v) is 4.41. The number of benzene rings is 1. The minimum absolute atomic E-state index is 0.0141. The minimum Gasteiger partial charge on any atom is -0.493 e. The van der Waals surface area contributed by atoms with E-state index >= 15 is 0 Å². The molecule has 5 atom stereocenters. The fourth-order valence-electron chi connectivity index (χ4n) is 4.41. The Hall–Kier alpha value is -1.91. The maximum absolute atomic E-state index is 13.0. The summed E-state index contributed by atoms with van der Waals surface area (Å²) in [4.78, 5) is 13.0. The van der Waals surface area contributed by atoms with Crippen LogP contribution in [-0.2, 0) is 16.0 Å². The maximum Gasteiger partial charge on any atom is 0.223 e. The van der Waals surface area contributed by atoms with Crippen molar-refractivity contribution in [3.05, 3.63) is 23.8 Å². The Morgan fingerprint density at radius 1 is 1.00 bits per heavy atom. The first-order chi connectivity index (χ1) is 18.2. The zero-order chi connectivity index (χ0) is 29.8. The zero-order valence-corrected chi connectivity index (χ0v) is 25.4. The summed E-state index contributed by atoms with van der Waals surface area (Å²) in [5, 5.41) is 23.7. The molecule has 0 saturated carbocycles. The summed E-state index contributed by atoms with van der Waals surface area (Å²) in [5.74, 6) is 1.39. The second-order valence-corrected chi connectivity index (χ2v) is 12.1. The molecule has 0 aliphatic rings. The highest BCUT2D eigenvalue weighted by molar-refractivity contribution is 5.79. The smallest absolute Gasteiger partial charge is 0.223 e. The summed E-state index contributed by atoms with van der Waals surface area (Å²) in [6, 6.07) is 5.50. The van der Waals surface area contributed by atoms with Gasteiger partial charge in [-0.15, -0.1) is 0 Å². The monoisotopic (exact) mass is 553 g/mol.